The maximum absolute atomic E-state index is 12.4. The molecule has 0 radical (unpaired) electrons. The molecule has 0 N–H and O–H groups in total. The minimum absolute atomic E-state index is 0.135. The highest BCUT2D eigenvalue weighted by molar-refractivity contribution is 5.70. The van der Waals surface area contributed by atoms with Gasteiger partial charge in [0.15, 0.2) is 0 Å². The Balaban J connectivity index is 1.48. The Labute approximate surface area is 163 Å². The second-order valence-corrected chi connectivity index (χ2v) is 8.78. The number of likely N-dealkylation sites (tertiary alicyclic amines) is 1. The molecular weight excluding hydrogens is 342 g/mol. The number of aromatic nitrogens is 2. The van der Waals surface area contributed by atoms with Crippen LogP contribution < -0.4 is 0 Å². The van der Waals surface area contributed by atoms with Crippen LogP contribution in [0.4, 0.5) is 4.79 Å². The first-order valence-electron chi connectivity index (χ1n) is 10.1. The predicted octanol–water partition coefficient (Wildman–Crippen LogP) is 2.10. The highest BCUT2D eigenvalue weighted by Crippen LogP contribution is 2.33. The van der Waals surface area contributed by atoms with Crippen molar-refractivity contribution in [3.05, 3.63) is 17.5 Å². The van der Waals surface area contributed by atoms with Crippen molar-refractivity contribution in [2.75, 3.05) is 46.3 Å². The molecule has 1 amide bonds. The van der Waals surface area contributed by atoms with Gasteiger partial charge in [0.25, 0.3) is 0 Å². The molecule has 0 aromatic carbocycles. The van der Waals surface area contributed by atoms with Crippen LogP contribution in [0.3, 0.4) is 0 Å². The monoisotopic (exact) mass is 377 g/mol. The Kier molecular flexibility index (Phi) is 6.11. The number of likely N-dealkylation sites (N-methyl/N-ethyl adjacent to an activating group) is 1. The van der Waals surface area contributed by atoms with Gasteiger partial charge in [-0.15, -0.1) is 0 Å². The van der Waals surface area contributed by atoms with Crippen LogP contribution in [0.2, 0.25) is 0 Å². The van der Waals surface area contributed by atoms with Crippen molar-refractivity contribution in [3.63, 3.8) is 0 Å². The lowest BCUT2D eigenvalue weighted by atomic mass is 9.91. The van der Waals surface area contributed by atoms with Gasteiger partial charge in [0.2, 0.25) is 0 Å². The molecule has 0 saturated carbocycles. The SMILES string of the molecule is Cc1c(CN2CCC3(CC2)CN(CCN(C)CC(C)C)C(=O)O3)cnn1C. The van der Waals surface area contributed by atoms with Gasteiger partial charge in [-0.05, 0) is 19.9 Å². The summed E-state index contributed by atoms with van der Waals surface area (Å²) in [5.74, 6) is 0.639. The maximum Gasteiger partial charge on any atom is 0.410 e. The van der Waals surface area contributed by atoms with Crippen LogP contribution in [0, 0.1) is 12.8 Å². The smallest absolute Gasteiger partial charge is 0.410 e. The van der Waals surface area contributed by atoms with E-state index in [-0.39, 0.29) is 11.7 Å². The van der Waals surface area contributed by atoms with Gasteiger partial charge in [-0.3, -0.25) is 9.58 Å². The number of amides is 1. The van der Waals surface area contributed by atoms with E-state index in [2.05, 4.69) is 42.7 Å². The second-order valence-electron chi connectivity index (χ2n) is 8.78. The van der Waals surface area contributed by atoms with Crippen LogP contribution in [0.15, 0.2) is 6.20 Å². The van der Waals surface area contributed by atoms with Crippen LogP contribution in [0.5, 0.6) is 0 Å². The quantitative estimate of drug-likeness (QED) is 0.728. The van der Waals surface area contributed by atoms with Gasteiger partial charge in [0.1, 0.15) is 5.60 Å². The van der Waals surface area contributed by atoms with Gasteiger partial charge in [0, 0.05) is 70.4 Å². The van der Waals surface area contributed by atoms with E-state index in [1.807, 2.05) is 22.8 Å². The summed E-state index contributed by atoms with van der Waals surface area (Å²) in [5, 5.41) is 4.33. The third kappa shape index (κ3) is 4.82. The number of hydrogen-bond acceptors (Lipinski definition) is 5. The van der Waals surface area contributed by atoms with E-state index in [0.717, 1.165) is 58.7 Å². The van der Waals surface area contributed by atoms with Crippen molar-refractivity contribution >= 4 is 6.09 Å². The Morgan fingerprint density at radius 1 is 1.33 bits per heavy atom. The number of carbonyl (C=O) groups is 1. The molecule has 0 atom stereocenters. The van der Waals surface area contributed by atoms with E-state index in [1.165, 1.54) is 11.3 Å². The van der Waals surface area contributed by atoms with Gasteiger partial charge in [-0.1, -0.05) is 13.8 Å². The zero-order valence-electron chi connectivity index (χ0n) is 17.6. The Morgan fingerprint density at radius 3 is 2.63 bits per heavy atom. The van der Waals surface area contributed by atoms with Gasteiger partial charge in [-0.25, -0.2) is 4.79 Å². The summed E-state index contributed by atoms with van der Waals surface area (Å²) in [7, 11) is 4.10. The number of hydrogen-bond donors (Lipinski definition) is 0. The summed E-state index contributed by atoms with van der Waals surface area (Å²) in [6.45, 7) is 12.8. The molecule has 2 saturated heterocycles. The summed E-state index contributed by atoms with van der Waals surface area (Å²) < 4.78 is 7.79. The average molecular weight is 378 g/mol. The lowest BCUT2D eigenvalue weighted by Gasteiger charge is -2.37. The lowest BCUT2D eigenvalue weighted by Crippen LogP contribution is -2.47. The van der Waals surface area contributed by atoms with Crippen molar-refractivity contribution in [1.82, 2.24) is 24.5 Å². The maximum atomic E-state index is 12.4. The zero-order chi connectivity index (χ0) is 19.6. The Bertz CT molecular complexity index is 649. The van der Waals surface area contributed by atoms with Crippen LogP contribution >= 0.6 is 0 Å². The molecule has 2 aliphatic heterocycles. The molecule has 7 heteroatoms. The fourth-order valence-electron chi connectivity index (χ4n) is 4.19. The molecular formula is C20H35N5O2. The zero-order valence-corrected chi connectivity index (χ0v) is 17.6. The summed E-state index contributed by atoms with van der Waals surface area (Å²) >= 11 is 0. The molecule has 0 unspecified atom stereocenters. The van der Waals surface area contributed by atoms with Crippen molar-refractivity contribution in [2.24, 2.45) is 13.0 Å². The number of carbonyl (C=O) groups excluding carboxylic acids is 1. The first-order chi connectivity index (χ1) is 12.8. The average Bonchev–Trinajstić information content (AvgIpc) is 3.08. The van der Waals surface area contributed by atoms with Crippen LogP contribution in [-0.2, 0) is 18.3 Å². The van der Waals surface area contributed by atoms with Gasteiger partial charge in [-0.2, -0.15) is 5.10 Å². The lowest BCUT2D eigenvalue weighted by molar-refractivity contribution is -0.00128. The van der Waals surface area contributed by atoms with Gasteiger partial charge < -0.3 is 14.5 Å². The standard InChI is InChI=1S/C20H35N5O2/c1-16(2)13-22(4)10-11-25-15-20(27-19(25)26)6-8-24(9-7-20)14-18-12-21-23(5)17(18)3/h12,16H,6-11,13-15H2,1-5H3. The first kappa shape index (κ1) is 20.1. The molecule has 3 rings (SSSR count). The molecule has 152 valence electrons. The fraction of sp³-hybridized carbons (Fsp3) is 0.800. The van der Waals surface area contributed by atoms with Crippen molar-refractivity contribution in [1.29, 1.82) is 0 Å². The largest absolute Gasteiger partial charge is 0.441 e. The topological polar surface area (TPSA) is 53.8 Å². The molecule has 7 nitrogen and oxygen atoms in total. The van der Waals surface area contributed by atoms with Crippen LogP contribution in [0.25, 0.3) is 0 Å². The number of rotatable bonds is 7. The van der Waals surface area contributed by atoms with E-state index < -0.39 is 0 Å². The van der Waals surface area contributed by atoms with E-state index in [0.29, 0.717) is 5.92 Å². The number of aryl methyl sites for hydroxylation is 1. The highest BCUT2D eigenvalue weighted by atomic mass is 16.6. The summed E-state index contributed by atoms with van der Waals surface area (Å²) in [6.07, 6.45) is 3.65. The molecule has 27 heavy (non-hydrogen) atoms. The van der Waals surface area contributed by atoms with Crippen molar-refractivity contribution in [2.45, 2.75) is 45.8 Å². The second kappa shape index (κ2) is 8.19. The van der Waals surface area contributed by atoms with Crippen LogP contribution in [-0.4, -0.2) is 82.5 Å². The van der Waals surface area contributed by atoms with Crippen molar-refractivity contribution < 1.29 is 9.53 Å². The van der Waals surface area contributed by atoms with Crippen molar-refractivity contribution in [3.8, 4) is 0 Å². The summed E-state index contributed by atoms with van der Waals surface area (Å²) in [4.78, 5) is 19.0. The third-order valence-electron chi connectivity index (χ3n) is 5.97. The first-order valence-corrected chi connectivity index (χ1v) is 10.1. The summed E-state index contributed by atoms with van der Waals surface area (Å²) in [5.41, 5.74) is 2.22. The molecule has 2 aliphatic rings. The Morgan fingerprint density at radius 2 is 2.04 bits per heavy atom. The third-order valence-corrected chi connectivity index (χ3v) is 5.97. The predicted molar refractivity (Wildman–Crippen MR) is 106 cm³/mol. The fourth-order valence-corrected chi connectivity index (χ4v) is 4.19. The molecule has 1 spiro atoms. The normalized spacial score (nSPS) is 20.3. The molecule has 1 aromatic heterocycles. The van der Waals surface area contributed by atoms with E-state index in [9.17, 15) is 4.79 Å². The Hall–Kier alpha value is -1.60. The highest BCUT2D eigenvalue weighted by Gasteiger charge is 2.46. The molecule has 1 aromatic rings. The molecule has 0 bridgehead atoms. The van der Waals surface area contributed by atoms with E-state index >= 15 is 0 Å². The van der Waals surface area contributed by atoms with Crippen LogP contribution in [0.1, 0.15) is 37.9 Å². The molecule has 2 fully saturated rings. The van der Waals surface area contributed by atoms with Gasteiger partial charge >= 0.3 is 6.09 Å². The van der Waals surface area contributed by atoms with Gasteiger partial charge in [0.05, 0.1) is 12.7 Å². The summed E-state index contributed by atoms with van der Waals surface area (Å²) in [6, 6.07) is 0. The number of ether oxygens (including phenoxy) is 1. The van der Waals surface area contributed by atoms with E-state index in [1.54, 1.807) is 0 Å². The minimum atomic E-state index is -0.284. The number of nitrogens with zero attached hydrogens (tertiary/aromatic N) is 5. The number of piperidine rings is 1. The minimum Gasteiger partial charge on any atom is -0.441 e. The van der Waals surface area contributed by atoms with E-state index in [4.69, 9.17) is 4.74 Å². The molecule has 3 heterocycles. The molecule has 0 aliphatic carbocycles.